The number of halogens is 4. The minimum atomic E-state index is -4.57. The Balaban J connectivity index is 2.24. The van der Waals surface area contributed by atoms with Gasteiger partial charge in [0.15, 0.2) is 0 Å². The maximum atomic E-state index is 13.8. The van der Waals surface area contributed by atoms with Gasteiger partial charge in [-0.05, 0) is 31.2 Å². The third-order valence-electron chi connectivity index (χ3n) is 3.88. The molecule has 0 spiro atoms. The lowest BCUT2D eigenvalue weighted by molar-refractivity contribution is -0.137. The molecule has 3 aromatic rings. The van der Waals surface area contributed by atoms with Crippen LogP contribution in [-0.4, -0.2) is 31.3 Å². The van der Waals surface area contributed by atoms with Crippen molar-refractivity contribution in [3.8, 4) is 11.3 Å². The highest BCUT2D eigenvalue weighted by Crippen LogP contribution is 2.36. The van der Waals surface area contributed by atoms with Crippen molar-refractivity contribution in [2.75, 3.05) is 6.54 Å². The molecule has 26 heavy (non-hydrogen) atoms. The zero-order valence-electron chi connectivity index (χ0n) is 13.8. The minimum absolute atomic E-state index is 0.0206. The summed E-state index contributed by atoms with van der Waals surface area (Å²) in [5, 5.41) is 11.9. The number of allylic oxidation sites excluding steroid dienone is 1. The Hall–Kier alpha value is -2.75. The second kappa shape index (κ2) is 6.87. The van der Waals surface area contributed by atoms with Gasteiger partial charge in [0, 0.05) is 24.8 Å². The molecule has 138 valence electrons. The van der Waals surface area contributed by atoms with Crippen molar-refractivity contribution < 1.29 is 17.6 Å². The van der Waals surface area contributed by atoms with Crippen LogP contribution in [0.3, 0.4) is 0 Å². The fourth-order valence-corrected chi connectivity index (χ4v) is 2.69. The molecule has 0 aliphatic carbocycles. The summed E-state index contributed by atoms with van der Waals surface area (Å²) in [7, 11) is 0. The van der Waals surface area contributed by atoms with Crippen molar-refractivity contribution >= 4 is 11.0 Å². The van der Waals surface area contributed by atoms with E-state index in [9.17, 15) is 17.6 Å². The van der Waals surface area contributed by atoms with Gasteiger partial charge >= 0.3 is 6.18 Å². The summed E-state index contributed by atoms with van der Waals surface area (Å²) in [5.74, 6) is -0.600. The van der Waals surface area contributed by atoms with E-state index in [1.54, 1.807) is 10.7 Å². The summed E-state index contributed by atoms with van der Waals surface area (Å²) in [4.78, 5) is 0. The van der Waals surface area contributed by atoms with Crippen LogP contribution in [0.4, 0.5) is 17.6 Å². The Morgan fingerprint density at radius 1 is 1.27 bits per heavy atom. The first-order chi connectivity index (χ1) is 12.3. The lowest BCUT2D eigenvalue weighted by atomic mass is 10.0. The number of hydrogen-bond acceptors (Lipinski definition) is 4. The highest BCUT2D eigenvalue weighted by Gasteiger charge is 2.33. The Labute approximate surface area is 145 Å². The molecule has 0 unspecified atom stereocenters. The normalized spacial score (nSPS) is 12.9. The van der Waals surface area contributed by atoms with E-state index >= 15 is 0 Å². The smallest absolute Gasteiger partial charge is 0.327 e. The van der Waals surface area contributed by atoms with E-state index in [-0.39, 0.29) is 29.7 Å². The van der Waals surface area contributed by atoms with Crippen LogP contribution in [-0.2, 0) is 19.3 Å². The Morgan fingerprint density at radius 3 is 2.69 bits per heavy atom. The number of aromatic nitrogens is 5. The molecule has 6 nitrogen and oxygen atoms in total. The quantitative estimate of drug-likeness (QED) is 0.702. The molecule has 0 atom stereocenters. The predicted molar refractivity (Wildman–Crippen MR) is 87.7 cm³/mol. The second-order valence-electron chi connectivity index (χ2n) is 5.56. The van der Waals surface area contributed by atoms with Crippen LogP contribution in [0.15, 0.2) is 36.3 Å². The predicted octanol–water partition coefficient (Wildman–Crippen LogP) is 3.15. The topological polar surface area (TPSA) is 74.5 Å². The third kappa shape index (κ3) is 3.32. The molecule has 10 heteroatoms. The molecule has 0 aliphatic heterocycles. The van der Waals surface area contributed by atoms with Crippen molar-refractivity contribution in [3.05, 3.63) is 41.9 Å². The largest absolute Gasteiger partial charge is 0.416 e. The van der Waals surface area contributed by atoms with Gasteiger partial charge in [0.25, 0.3) is 0 Å². The first kappa shape index (κ1) is 18.1. The molecule has 0 fully saturated rings. The fourth-order valence-electron chi connectivity index (χ4n) is 2.69. The molecule has 0 bridgehead atoms. The molecule has 0 aliphatic rings. The molecule has 0 saturated heterocycles. The summed E-state index contributed by atoms with van der Waals surface area (Å²) in [6.07, 6.45) is -1.94. The Bertz CT molecular complexity index is 953. The van der Waals surface area contributed by atoms with E-state index in [0.717, 1.165) is 22.9 Å². The first-order valence-corrected chi connectivity index (χ1v) is 7.86. The van der Waals surface area contributed by atoms with Crippen LogP contribution >= 0.6 is 0 Å². The number of aryl methyl sites for hydroxylation is 1. The Morgan fingerprint density at radius 2 is 2.04 bits per heavy atom. The number of nitrogens with zero attached hydrogens (tertiary/aromatic N) is 5. The third-order valence-corrected chi connectivity index (χ3v) is 3.88. The van der Waals surface area contributed by atoms with Gasteiger partial charge < -0.3 is 5.73 Å². The van der Waals surface area contributed by atoms with Crippen LogP contribution in [0.1, 0.15) is 12.5 Å². The van der Waals surface area contributed by atoms with Crippen molar-refractivity contribution in [2.24, 2.45) is 5.73 Å². The summed E-state index contributed by atoms with van der Waals surface area (Å²) in [5.41, 5.74) is 5.43. The van der Waals surface area contributed by atoms with E-state index in [1.807, 2.05) is 6.92 Å². The van der Waals surface area contributed by atoms with Crippen molar-refractivity contribution in [1.82, 2.24) is 24.8 Å². The molecular weight excluding hydrogens is 352 g/mol. The summed E-state index contributed by atoms with van der Waals surface area (Å²) >= 11 is 0. The van der Waals surface area contributed by atoms with Crippen LogP contribution < -0.4 is 5.73 Å². The molecule has 2 heterocycles. The second-order valence-corrected chi connectivity index (χ2v) is 5.56. The van der Waals surface area contributed by atoms with Crippen LogP contribution in [0.25, 0.3) is 22.3 Å². The van der Waals surface area contributed by atoms with Crippen molar-refractivity contribution in [3.63, 3.8) is 0 Å². The molecule has 0 radical (unpaired) electrons. The molecule has 3 rings (SSSR count). The van der Waals surface area contributed by atoms with Gasteiger partial charge in [-0.15, -0.1) is 5.10 Å². The number of benzene rings is 1. The van der Waals surface area contributed by atoms with Gasteiger partial charge in [0.2, 0.25) is 0 Å². The molecule has 0 amide bonds. The highest BCUT2D eigenvalue weighted by atomic mass is 19.4. The lowest BCUT2D eigenvalue weighted by Gasteiger charge is -2.11. The van der Waals surface area contributed by atoms with Gasteiger partial charge in [-0.1, -0.05) is 5.21 Å². The van der Waals surface area contributed by atoms with E-state index in [0.29, 0.717) is 12.2 Å². The van der Waals surface area contributed by atoms with Gasteiger partial charge in [0.1, 0.15) is 11.3 Å². The SMILES string of the molecule is CCn1nccc1-c1cc(C(F)(F)F)cc2c1nnn2C/C(F)=C/CN. The molecule has 2 aromatic heterocycles. The average Bonchev–Trinajstić information content (AvgIpc) is 3.20. The number of alkyl halides is 3. The molecule has 2 N–H and O–H groups in total. The summed E-state index contributed by atoms with van der Waals surface area (Å²) < 4.78 is 56.5. The molecule has 1 aromatic carbocycles. The van der Waals surface area contributed by atoms with Gasteiger partial charge in [0.05, 0.1) is 23.3 Å². The molecular formula is C16H16F4N6. The maximum Gasteiger partial charge on any atom is 0.416 e. The van der Waals surface area contributed by atoms with Gasteiger partial charge in [-0.25, -0.2) is 9.07 Å². The number of rotatable bonds is 5. The van der Waals surface area contributed by atoms with Crippen LogP contribution in [0.2, 0.25) is 0 Å². The monoisotopic (exact) mass is 368 g/mol. The summed E-state index contributed by atoms with van der Waals surface area (Å²) in [6.45, 7) is 1.93. The number of nitrogens with two attached hydrogens (primary N) is 1. The number of hydrogen-bond donors (Lipinski definition) is 1. The van der Waals surface area contributed by atoms with E-state index in [2.05, 4.69) is 15.4 Å². The summed E-state index contributed by atoms with van der Waals surface area (Å²) in [6, 6.07) is 3.53. The standard InChI is InChI=1S/C16H16F4N6/c1-2-25-13(4-6-22-25)12-7-10(16(18,19)20)8-14-15(12)23-24-26(14)9-11(17)3-5-21/h3-4,6-8H,2,5,9,21H2,1H3/b11-3-. The zero-order chi connectivity index (χ0) is 18.9. The van der Waals surface area contributed by atoms with Crippen LogP contribution in [0.5, 0.6) is 0 Å². The van der Waals surface area contributed by atoms with Crippen molar-refractivity contribution in [1.29, 1.82) is 0 Å². The molecule has 0 saturated carbocycles. The highest BCUT2D eigenvalue weighted by molar-refractivity contribution is 5.91. The Kier molecular flexibility index (Phi) is 4.77. The van der Waals surface area contributed by atoms with E-state index < -0.39 is 17.6 Å². The van der Waals surface area contributed by atoms with Gasteiger partial charge in [-0.3, -0.25) is 4.68 Å². The lowest BCUT2D eigenvalue weighted by Crippen LogP contribution is -2.08. The van der Waals surface area contributed by atoms with Gasteiger partial charge in [-0.2, -0.15) is 18.3 Å². The average molecular weight is 368 g/mol. The van der Waals surface area contributed by atoms with E-state index in [1.165, 1.54) is 6.20 Å². The fraction of sp³-hybridized carbons (Fsp3) is 0.312. The van der Waals surface area contributed by atoms with E-state index in [4.69, 9.17) is 5.73 Å². The minimum Gasteiger partial charge on any atom is -0.327 e. The first-order valence-electron chi connectivity index (χ1n) is 7.86. The maximum absolute atomic E-state index is 13.8. The number of fused-ring (bicyclic) bond motifs is 1. The van der Waals surface area contributed by atoms with Crippen LogP contribution in [0, 0.1) is 0 Å². The van der Waals surface area contributed by atoms with Crippen molar-refractivity contribution in [2.45, 2.75) is 26.2 Å². The zero-order valence-corrected chi connectivity index (χ0v) is 13.8.